The number of nitrogens with zero attached hydrogens (tertiary/aromatic N) is 1. The van der Waals surface area contributed by atoms with E-state index in [0.717, 1.165) is 13.0 Å². The number of hydrogen-bond donors (Lipinski definition) is 0. The van der Waals surface area contributed by atoms with Crippen molar-refractivity contribution in [3.8, 4) is 0 Å². The van der Waals surface area contributed by atoms with Crippen molar-refractivity contribution in [1.29, 1.82) is 0 Å². The van der Waals surface area contributed by atoms with Crippen molar-refractivity contribution in [2.24, 2.45) is 0 Å². The van der Waals surface area contributed by atoms with Gasteiger partial charge in [0.2, 0.25) is 0 Å². The van der Waals surface area contributed by atoms with Crippen molar-refractivity contribution in [2.45, 2.75) is 77.7 Å². The standard InChI is InChI=1S/C15H30NO.HI/c1-5-6-7-8-9-10-11-12-14-16(4)15(2,3)13-17-14;/h5-13H2,1-4H3;1H/q+1;/p-1. The monoisotopic (exact) mass is 367 g/mol. The summed E-state index contributed by atoms with van der Waals surface area (Å²) in [5, 5.41) is 0. The SMILES string of the molecule is CCCCCCCCCC1=[N+](C)C(C)(C)CO1.[I-]. The molecule has 0 unspecified atom stereocenters. The van der Waals surface area contributed by atoms with E-state index >= 15 is 0 Å². The first-order valence-electron chi connectivity index (χ1n) is 7.30. The van der Waals surface area contributed by atoms with Gasteiger partial charge in [0, 0.05) is 13.8 Å². The first-order chi connectivity index (χ1) is 8.08. The maximum Gasteiger partial charge on any atom is 0.336 e. The molecule has 18 heavy (non-hydrogen) atoms. The molecule has 0 aromatic rings. The molecular formula is C15H30INO. The van der Waals surface area contributed by atoms with Crippen LogP contribution in [0.3, 0.4) is 0 Å². The smallest absolute Gasteiger partial charge is 0.336 e. The summed E-state index contributed by atoms with van der Waals surface area (Å²) in [6.07, 6.45) is 10.7. The number of halogens is 1. The van der Waals surface area contributed by atoms with Crippen molar-refractivity contribution in [1.82, 2.24) is 0 Å². The summed E-state index contributed by atoms with van der Waals surface area (Å²) < 4.78 is 8.08. The van der Waals surface area contributed by atoms with Crippen LogP contribution in [-0.2, 0) is 4.74 Å². The van der Waals surface area contributed by atoms with Gasteiger partial charge in [0.1, 0.15) is 7.05 Å². The Morgan fingerprint density at radius 2 is 1.61 bits per heavy atom. The lowest BCUT2D eigenvalue weighted by molar-refractivity contribution is -0.563. The fraction of sp³-hybridized carbons (Fsp3) is 0.933. The summed E-state index contributed by atoms with van der Waals surface area (Å²) in [6.45, 7) is 7.59. The molecule has 3 heteroatoms. The number of hydrogen-bond acceptors (Lipinski definition) is 1. The lowest BCUT2D eigenvalue weighted by atomic mass is 10.1. The molecule has 0 fully saturated rings. The summed E-state index contributed by atoms with van der Waals surface area (Å²) in [6, 6.07) is 0. The molecule has 0 aromatic carbocycles. The number of rotatable bonds is 8. The molecule has 0 aromatic heterocycles. The minimum absolute atomic E-state index is 0. The van der Waals surface area contributed by atoms with E-state index in [2.05, 4.69) is 32.4 Å². The Morgan fingerprint density at radius 3 is 2.11 bits per heavy atom. The third-order valence-electron chi connectivity index (χ3n) is 3.87. The molecule has 1 aliphatic heterocycles. The molecule has 0 bridgehead atoms. The normalized spacial score (nSPS) is 17.6. The fourth-order valence-electron chi connectivity index (χ4n) is 2.26. The summed E-state index contributed by atoms with van der Waals surface area (Å²) in [4.78, 5) is 0. The van der Waals surface area contributed by atoms with Crippen molar-refractivity contribution >= 4 is 5.90 Å². The van der Waals surface area contributed by atoms with Crippen molar-refractivity contribution < 1.29 is 33.3 Å². The Balaban J connectivity index is 0.00000289. The van der Waals surface area contributed by atoms with Gasteiger partial charge in [-0.2, -0.15) is 4.58 Å². The predicted octanol–water partition coefficient (Wildman–Crippen LogP) is 0.981. The van der Waals surface area contributed by atoms with Gasteiger partial charge >= 0.3 is 5.90 Å². The zero-order chi connectivity index (χ0) is 12.7. The Morgan fingerprint density at radius 1 is 1.06 bits per heavy atom. The molecular weight excluding hydrogens is 337 g/mol. The Labute approximate surface area is 130 Å². The third-order valence-corrected chi connectivity index (χ3v) is 3.87. The first kappa shape index (κ1) is 18.2. The molecule has 108 valence electrons. The number of unbranched alkanes of at least 4 members (excludes halogenated alkanes) is 6. The van der Waals surface area contributed by atoms with Crippen LogP contribution in [0.15, 0.2) is 0 Å². The first-order valence-corrected chi connectivity index (χ1v) is 7.30. The molecule has 0 aliphatic carbocycles. The van der Waals surface area contributed by atoms with Gasteiger partial charge in [-0.1, -0.05) is 45.4 Å². The largest absolute Gasteiger partial charge is 1.00 e. The van der Waals surface area contributed by atoms with E-state index in [9.17, 15) is 0 Å². The highest BCUT2D eigenvalue weighted by molar-refractivity contribution is 5.72. The Bertz CT molecular complexity index is 261. The average Bonchev–Trinajstić information content (AvgIpc) is 2.54. The van der Waals surface area contributed by atoms with Crippen LogP contribution in [0.4, 0.5) is 0 Å². The quantitative estimate of drug-likeness (QED) is 0.354. The lowest BCUT2D eigenvalue weighted by Gasteiger charge is -2.09. The zero-order valence-electron chi connectivity index (χ0n) is 12.6. The molecule has 1 heterocycles. The van der Waals surface area contributed by atoms with Gasteiger partial charge in [0.15, 0.2) is 12.1 Å². The van der Waals surface area contributed by atoms with Gasteiger partial charge in [-0.3, -0.25) is 0 Å². The van der Waals surface area contributed by atoms with Crippen LogP contribution in [0.25, 0.3) is 0 Å². The maximum absolute atomic E-state index is 5.77. The highest BCUT2D eigenvalue weighted by Crippen LogP contribution is 2.18. The van der Waals surface area contributed by atoms with E-state index in [4.69, 9.17) is 4.74 Å². The van der Waals surface area contributed by atoms with Crippen LogP contribution in [0, 0.1) is 0 Å². The second kappa shape index (κ2) is 9.16. The topological polar surface area (TPSA) is 12.2 Å². The number of ether oxygens (including phenoxy) is 1. The van der Waals surface area contributed by atoms with E-state index in [1.807, 2.05) is 0 Å². The van der Waals surface area contributed by atoms with Gasteiger partial charge < -0.3 is 28.7 Å². The Hall–Kier alpha value is 0.200. The molecule has 1 aliphatic rings. The van der Waals surface area contributed by atoms with E-state index in [1.54, 1.807) is 0 Å². The van der Waals surface area contributed by atoms with Crippen LogP contribution in [0.5, 0.6) is 0 Å². The van der Waals surface area contributed by atoms with Gasteiger partial charge in [-0.25, -0.2) is 0 Å². The second-order valence-electron chi connectivity index (χ2n) is 5.93. The van der Waals surface area contributed by atoms with Crippen LogP contribution >= 0.6 is 0 Å². The number of likely N-dealkylation sites (N-methyl/N-ethyl adjacent to an activating group) is 1. The molecule has 0 saturated heterocycles. The third kappa shape index (κ3) is 5.89. The van der Waals surface area contributed by atoms with Gasteiger partial charge in [0.25, 0.3) is 0 Å². The molecule has 0 amide bonds. The zero-order valence-corrected chi connectivity index (χ0v) is 14.8. The van der Waals surface area contributed by atoms with Crippen LogP contribution < -0.4 is 24.0 Å². The second-order valence-corrected chi connectivity index (χ2v) is 5.93. The van der Waals surface area contributed by atoms with E-state index in [-0.39, 0.29) is 29.5 Å². The molecule has 0 saturated carbocycles. The molecule has 0 atom stereocenters. The summed E-state index contributed by atoms with van der Waals surface area (Å²) in [5.41, 5.74) is 0.191. The summed E-state index contributed by atoms with van der Waals surface area (Å²) in [7, 11) is 2.16. The van der Waals surface area contributed by atoms with E-state index in [1.165, 1.54) is 50.8 Å². The lowest BCUT2D eigenvalue weighted by Crippen LogP contribution is -3.00. The highest BCUT2D eigenvalue weighted by atomic mass is 127. The minimum atomic E-state index is 0. The molecule has 0 spiro atoms. The summed E-state index contributed by atoms with van der Waals surface area (Å²) in [5.74, 6) is 1.20. The fourth-order valence-corrected chi connectivity index (χ4v) is 2.26. The van der Waals surface area contributed by atoms with Gasteiger partial charge in [0.05, 0.1) is 6.42 Å². The highest BCUT2D eigenvalue weighted by Gasteiger charge is 2.38. The van der Waals surface area contributed by atoms with Crippen LogP contribution in [0.2, 0.25) is 0 Å². The maximum atomic E-state index is 5.77. The van der Waals surface area contributed by atoms with Crippen molar-refractivity contribution in [3.05, 3.63) is 0 Å². The van der Waals surface area contributed by atoms with Crippen molar-refractivity contribution in [2.75, 3.05) is 13.7 Å². The molecule has 0 radical (unpaired) electrons. The molecule has 1 rings (SSSR count). The minimum Gasteiger partial charge on any atom is -1.00 e. The van der Waals surface area contributed by atoms with Crippen LogP contribution in [-0.4, -0.2) is 29.7 Å². The van der Waals surface area contributed by atoms with E-state index in [0.29, 0.717) is 0 Å². The van der Waals surface area contributed by atoms with Gasteiger partial charge in [-0.15, -0.1) is 0 Å². The Kier molecular flexibility index (Phi) is 9.26. The predicted molar refractivity (Wildman–Crippen MR) is 73.8 cm³/mol. The van der Waals surface area contributed by atoms with E-state index < -0.39 is 0 Å². The molecule has 0 N–H and O–H groups in total. The summed E-state index contributed by atoms with van der Waals surface area (Å²) >= 11 is 0. The van der Waals surface area contributed by atoms with Gasteiger partial charge in [-0.05, 0) is 6.42 Å². The van der Waals surface area contributed by atoms with Crippen molar-refractivity contribution in [3.63, 3.8) is 0 Å². The molecule has 2 nitrogen and oxygen atoms in total. The average molecular weight is 367 g/mol. The van der Waals surface area contributed by atoms with Crippen LogP contribution in [0.1, 0.15) is 72.1 Å².